The Labute approximate surface area is 123 Å². The van der Waals surface area contributed by atoms with Crippen LogP contribution in [0.1, 0.15) is 52.4 Å². The third-order valence-corrected chi connectivity index (χ3v) is 12.1. The van der Waals surface area contributed by atoms with Gasteiger partial charge in [0.05, 0.1) is 0 Å². The van der Waals surface area contributed by atoms with Gasteiger partial charge in [0.15, 0.2) is 0 Å². The zero-order chi connectivity index (χ0) is 14.8. The molecule has 7 nitrogen and oxygen atoms in total. The average molecular weight is 509 g/mol. The molecule has 0 fully saturated rings. The van der Waals surface area contributed by atoms with Crippen molar-refractivity contribution in [3.63, 3.8) is 0 Å². The van der Waals surface area contributed by atoms with Gasteiger partial charge in [-0.05, 0) is 0 Å². The minimum atomic E-state index is -5.67. The van der Waals surface area contributed by atoms with E-state index in [1.165, 1.54) is 0 Å². The fraction of sp³-hybridized carbons (Fsp3) is 1.00. The van der Waals surface area contributed by atoms with Gasteiger partial charge in [-0.15, -0.1) is 0 Å². The van der Waals surface area contributed by atoms with Crippen LogP contribution in [0.15, 0.2) is 0 Å². The molecule has 0 bridgehead atoms. The molecule has 0 aliphatic rings. The molecule has 0 N–H and O–H groups in total. The second-order valence-corrected chi connectivity index (χ2v) is 12.9. The SMILES string of the molecule is CCCCCO[Te](=O)(=O)O[Te](=O)(=O)OCCCCC. The summed E-state index contributed by atoms with van der Waals surface area (Å²) in [5.41, 5.74) is 0. The molecular formula is C10H22O7Te2. The van der Waals surface area contributed by atoms with Crippen LogP contribution in [-0.4, -0.2) is 51.2 Å². The van der Waals surface area contributed by atoms with E-state index in [4.69, 9.17) is 0 Å². The van der Waals surface area contributed by atoms with Crippen LogP contribution in [0.3, 0.4) is 0 Å². The van der Waals surface area contributed by atoms with E-state index in [-0.39, 0.29) is 13.2 Å². The van der Waals surface area contributed by atoms with E-state index in [9.17, 15) is 12.4 Å². The van der Waals surface area contributed by atoms with Crippen molar-refractivity contribution in [2.24, 2.45) is 0 Å². The Kier molecular flexibility index (Phi) is 10.8. The van der Waals surface area contributed by atoms with Gasteiger partial charge < -0.3 is 0 Å². The first-order valence-corrected chi connectivity index (χ1v) is 13.9. The summed E-state index contributed by atoms with van der Waals surface area (Å²) in [5, 5.41) is 0. The van der Waals surface area contributed by atoms with Gasteiger partial charge in [-0.25, -0.2) is 0 Å². The van der Waals surface area contributed by atoms with E-state index in [1.807, 2.05) is 13.8 Å². The van der Waals surface area contributed by atoms with Gasteiger partial charge in [0, 0.05) is 0 Å². The van der Waals surface area contributed by atoms with Crippen LogP contribution in [0.4, 0.5) is 0 Å². The zero-order valence-corrected chi connectivity index (χ0v) is 16.0. The molecule has 19 heavy (non-hydrogen) atoms. The molecule has 0 amide bonds. The van der Waals surface area contributed by atoms with Crippen LogP contribution >= 0.6 is 0 Å². The number of hydrogen-bond acceptors (Lipinski definition) is 7. The molecule has 116 valence electrons. The van der Waals surface area contributed by atoms with Crippen molar-refractivity contribution >= 4 is 37.9 Å². The van der Waals surface area contributed by atoms with E-state index in [0.29, 0.717) is 12.8 Å². The summed E-state index contributed by atoms with van der Waals surface area (Å²) in [7, 11) is 0. The van der Waals surface area contributed by atoms with Gasteiger partial charge in [0.2, 0.25) is 0 Å². The molecule has 0 aliphatic heterocycles. The Hall–Kier alpha value is 0.659. The molecule has 0 saturated carbocycles. The summed E-state index contributed by atoms with van der Waals surface area (Å²) in [6, 6.07) is 0. The molecule has 0 radical (unpaired) electrons. The number of rotatable bonds is 12. The third-order valence-electron chi connectivity index (χ3n) is 2.12. The first kappa shape index (κ1) is 19.7. The van der Waals surface area contributed by atoms with E-state index >= 15 is 0 Å². The summed E-state index contributed by atoms with van der Waals surface area (Å²) >= 11 is -11.3. The first-order valence-electron chi connectivity index (χ1n) is 6.32. The average Bonchev–Trinajstić information content (AvgIpc) is 2.29. The first-order chi connectivity index (χ1) is 8.83. The van der Waals surface area contributed by atoms with Crippen LogP contribution in [0.25, 0.3) is 0 Å². The van der Waals surface area contributed by atoms with Gasteiger partial charge in [0.25, 0.3) is 0 Å². The van der Waals surface area contributed by atoms with Crippen molar-refractivity contribution in [3.8, 4) is 0 Å². The van der Waals surface area contributed by atoms with E-state index in [2.05, 4.69) is 7.67 Å². The Bertz CT molecular complexity index is 373. The van der Waals surface area contributed by atoms with Gasteiger partial charge in [-0.3, -0.25) is 0 Å². The predicted octanol–water partition coefficient (Wildman–Crippen LogP) is 2.01. The van der Waals surface area contributed by atoms with Crippen molar-refractivity contribution < 1.29 is 20.1 Å². The summed E-state index contributed by atoms with van der Waals surface area (Å²) in [6.45, 7) is 3.83. The fourth-order valence-corrected chi connectivity index (χ4v) is 9.22. The Morgan fingerprint density at radius 2 is 1.05 bits per heavy atom. The van der Waals surface area contributed by atoms with Crippen LogP contribution < -0.4 is 0 Å². The van der Waals surface area contributed by atoms with E-state index in [1.54, 1.807) is 0 Å². The molecule has 0 aromatic rings. The van der Waals surface area contributed by atoms with Crippen molar-refractivity contribution in [2.75, 3.05) is 13.2 Å². The Morgan fingerprint density at radius 3 is 1.37 bits per heavy atom. The van der Waals surface area contributed by atoms with Crippen molar-refractivity contribution in [3.05, 3.63) is 0 Å². The van der Waals surface area contributed by atoms with Crippen molar-refractivity contribution in [2.45, 2.75) is 52.4 Å². The molecule has 0 aromatic heterocycles. The zero-order valence-electron chi connectivity index (χ0n) is 11.3. The molecule has 0 saturated heterocycles. The molecule has 0 spiro atoms. The molecule has 0 unspecified atom stereocenters. The topological polar surface area (TPSA) is 96.0 Å². The van der Waals surface area contributed by atoms with Gasteiger partial charge in [0.1, 0.15) is 0 Å². The molecule has 0 atom stereocenters. The van der Waals surface area contributed by atoms with Crippen LogP contribution in [0, 0.1) is 0 Å². The standard InChI is InChI=1S/C10H22O7Te2/c1-3-5-7-9-15-18(11,12)17-19(13,14)16-10-8-6-4-2/h3-10H2,1-2H3. The predicted molar refractivity (Wildman–Crippen MR) is 66.3 cm³/mol. The number of unbranched alkanes of at least 4 members (excludes halogenated alkanes) is 4. The minimum absolute atomic E-state index is 0.0451. The summed E-state index contributed by atoms with van der Waals surface area (Å²) < 4.78 is 58.4. The van der Waals surface area contributed by atoms with Gasteiger partial charge in [-0.1, -0.05) is 0 Å². The second-order valence-electron chi connectivity index (χ2n) is 3.94. The summed E-state index contributed by atoms with van der Waals surface area (Å²) in [4.78, 5) is 0. The van der Waals surface area contributed by atoms with Crippen molar-refractivity contribution in [1.82, 2.24) is 0 Å². The molecular weight excluding hydrogens is 487 g/mol. The van der Waals surface area contributed by atoms with Crippen LogP contribution in [0.5, 0.6) is 0 Å². The Morgan fingerprint density at radius 1 is 0.684 bits per heavy atom. The fourth-order valence-electron chi connectivity index (χ4n) is 1.17. The van der Waals surface area contributed by atoms with E-state index in [0.717, 1.165) is 25.7 Å². The van der Waals surface area contributed by atoms with Gasteiger partial charge in [-0.2, -0.15) is 0 Å². The molecule has 0 aliphatic carbocycles. The second kappa shape index (κ2) is 10.4. The summed E-state index contributed by atoms with van der Waals surface area (Å²) in [5.74, 6) is 0. The van der Waals surface area contributed by atoms with Crippen molar-refractivity contribution in [1.29, 1.82) is 0 Å². The van der Waals surface area contributed by atoms with E-state index < -0.39 is 37.9 Å². The quantitative estimate of drug-likeness (QED) is 0.293. The maximum absolute atomic E-state index is 11.3. The molecule has 0 rings (SSSR count). The molecule has 9 heteroatoms. The van der Waals surface area contributed by atoms with Crippen LogP contribution in [0.2, 0.25) is 0 Å². The molecule has 0 heterocycles. The normalized spacial score (nSPS) is 12.7. The molecule has 0 aromatic carbocycles. The maximum atomic E-state index is 11.3. The van der Waals surface area contributed by atoms with Gasteiger partial charge >= 0.3 is 124 Å². The third kappa shape index (κ3) is 12.1. The Balaban J connectivity index is 4.09. The summed E-state index contributed by atoms with van der Waals surface area (Å²) in [6.07, 6.45) is 4.55. The monoisotopic (exact) mass is 514 g/mol. The van der Waals surface area contributed by atoms with Crippen LogP contribution in [-0.2, 0) is 20.1 Å². The number of hydrogen-bond donors (Lipinski definition) is 0.